The van der Waals surface area contributed by atoms with Crippen LogP contribution in [0.15, 0.2) is 71.8 Å². The van der Waals surface area contributed by atoms with Gasteiger partial charge in [-0.3, -0.25) is 9.59 Å². The van der Waals surface area contributed by atoms with E-state index in [-0.39, 0.29) is 18.4 Å². The second-order valence-corrected chi connectivity index (χ2v) is 8.92. The number of hydrogen-bond donors (Lipinski definition) is 4. The van der Waals surface area contributed by atoms with Crippen molar-refractivity contribution in [2.75, 3.05) is 25.3 Å². The van der Waals surface area contributed by atoms with E-state index in [0.717, 1.165) is 16.3 Å². The van der Waals surface area contributed by atoms with Gasteiger partial charge in [0, 0.05) is 41.2 Å². The predicted octanol–water partition coefficient (Wildman–Crippen LogP) is 4.52. The van der Waals surface area contributed by atoms with Crippen LogP contribution in [0, 0.1) is 0 Å². The monoisotopic (exact) mass is 532 g/mol. The zero-order valence-electron chi connectivity index (χ0n) is 21.1. The van der Waals surface area contributed by atoms with Gasteiger partial charge in [-0.2, -0.15) is 0 Å². The van der Waals surface area contributed by atoms with Crippen molar-refractivity contribution in [1.82, 2.24) is 10.3 Å². The second kappa shape index (κ2) is 11.7. The molecule has 4 aromatic rings. The lowest BCUT2D eigenvalue weighted by Gasteiger charge is -2.21. The van der Waals surface area contributed by atoms with E-state index in [4.69, 9.17) is 19.9 Å². The molecule has 9 nitrogen and oxygen atoms in total. The molecular formula is C28H28N4O5S. The Morgan fingerprint density at radius 2 is 1.79 bits per heavy atom. The molecule has 0 bridgehead atoms. The minimum Gasteiger partial charge on any atom is -0.493 e. The fourth-order valence-electron chi connectivity index (χ4n) is 3.96. The van der Waals surface area contributed by atoms with E-state index in [9.17, 15) is 9.59 Å². The molecule has 0 fully saturated rings. The smallest absolute Gasteiger partial charge is 0.266 e. The highest BCUT2D eigenvalue weighted by molar-refractivity contribution is 7.80. The third-order valence-corrected chi connectivity index (χ3v) is 6.26. The van der Waals surface area contributed by atoms with Crippen LogP contribution in [0.4, 0.5) is 11.5 Å². The van der Waals surface area contributed by atoms with Gasteiger partial charge in [-0.25, -0.2) is 4.98 Å². The average Bonchev–Trinajstić information content (AvgIpc) is 2.91. The van der Waals surface area contributed by atoms with Crippen molar-refractivity contribution in [1.29, 1.82) is 0 Å². The Bertz CT molecular complexity index is 1490. The third kappa shape index (κ3) is 6.09. The maximum absolute atomic E-state index is 13.5. The van der Waals surface area contributed by atoms with E-state index in [1.165, 1.54) is 21.1 Å². The van der Waals surface area contributed by atoms with E-state index in [2.05, 4.69) is 28.2 Å². The van der Waals surface area contributed by atoms with Crippen molar-refractivity contribution >= 4 is 46.7 Å². The van der Waals surface area contributed by atoms with Crippen molar-refractivity contribution in [2.24, 2.45) is 0 Å². The first-order valence-corrected chi connectivity index (χ1v) is 12.1. The van der Waals surface area contributed by atoms with Gasteiger partial charge in [0.1, 0.15) is 11.6 Å². The van der Waals surface area contributed by atoms with Gasteiger partial charge in [0.15, 0.2) is 11.5 Å². The highest BCUT2D eigenvalue weighted by Crippen LogP contribution is 2.33. The molecule has 10 heteroatoms. The molecule has 38 heavy (non-hydrogen) atoms. The number of methoxy groups -OCH3 is 2. The van der Waals surface area contributed by atoms with Crippen molar-refractivity contribution in [3.63, 3.8) is 0 Å². The van der Waals surface area contributed by atoms with Crippen molar-refractivity contribution in [2.45, 2.75) is 24.5 Å². The second-order valence-electron chi connectivity index (χ2n) is 8.43. The van der Waals surface area contributed by atoms with Crippen LogP contribution in [0.1, 0.15) is 24.2 Å². The fourth-order valence-corrected chi connectivity index (χ4v) is 4.18. The molecule has 0 aliphatic carbocycles. The Morgan fingerprint density at radius 3 is 2.53 bits per heavy atom. The van der Waals surface area contributed by atoms with Gasteiger partial charge in [0.2, 0.25) is 12.0 Å². The van der Waals surface area contributed by atoms with Crippen LogP contribution in [-0.4, -0.2) is 31.0 Å². The van der Waals surface area contributed by atoms with Gasteiger partial charge in [-0.1, -0.05) is 6.07 Å². The minimum atomic E-state index is -1.02. The molecule has 0 spiro atoms. The van der Waals surface area contributed by atoms with Gasteiger partial charge in [-0.15, -0.1) is 12.6 Å². The van der Waals surface area contributed by atoms with Crippen LogP contribution < -0.4 is 30.6 Å². The first kappa shape index (κ1) is 26.6. The van der Waals surface area contributed by atoms with Crippen LogP contribution in [0.25, 0.3) is 10.8 Å². The van der Waals surface area contributed by atoms with Gasteiger partial charge in [0.25, 0.3) is 5.91 Å². The molecule has 0 aliphatic heterocycles. The molecule has 1 atom stereocenters. The van der Waals surface area contributed by atoms with Crippen LogP contribution >= 0.6 is 12.6 Å². The minimum absolute atomic E-state index is 0.165. The number of nitrogens with two attached hydrogens (primary N) is 1. The van der Waals surface area contributed by atoms with E-state index < -0.39 is 6.10 Å². The van der Waals surface area contributed by atoms with E-state index in [1.807, 2.05) is 6.07 Å². The van der Waals surface area contributed by atoms with Crippen LogP contribution in [0.3, 0.4) is 0 Å². The lowest BCUT2D eigenvalue weighted by molar-refractivity contribution is -0.128. The Labute approximate surface area is 225 Å². The number of carbonyl (C=O) groups excluding carboxylic acids is 2. The zero-order valence-corrected chi connectivity index (χ0v) is 22.0. The number of nitrogens with one attached hydrogen (secondary N) is 2. The molecule has 196 valence electrons. The maximum atomic E-state index is 13.5. The number of fused-ring (bicyclic) bond motifs is 1. The van der Waals surface area contributed by atoms with E-state index >= 15 is 0 Å². The molecule has 0 saturated heterocycles. The number of anilines is 2. The largest absolute Gasteiger partial charge is 0.493 e. The summed E-state index contributed by atoms with van der Waals surface area (Å²) in [4.78, 5) is 29.8. The quantitative estimate of drug-likeness (QED) is 0.234. The molecule has 3 aromatic carbocycles. The highest BCUT2D eigenvalue weighted by Gasteiger charge is 2.25. The van der Waals surface area contributed by atoms with Crippen molar-refractivity contribution < 1.29 is 23.8 Å². The molecule has 0 radical (unpaired) electrons. The number of nitrogens with zero attached hydrogens (tertiary/aromatic N) is 1. The number of ether oxygens (including phenoxy) is 3. The first-order valence-electron chi connectivity index (χ1n) is 11.7. The Hall–Kier alpha value is -4.44. The molecule has 2 amide bonds. The number of rotatable bonds is 9. The summed E-state index contributed by atoms with van der Waals surface area (Å²) in [5, 5.41) is 7.27. The summed E-state index contributed by atoms with van der Waals surface area (Å²) in [6, 6.07) is 17.6. The number of amides is 2. The number of aromatic nitrogens is 1. The van der Waals surface area contributed by atoms with Gasteiger partial charge in [-0.05, 0) is 65.5 Å². The summed E-state index contributed by atoms with van der Waals surface area (Å²) in [6.45, 7) is 1.59. The molecule has 4 rings (SSSR count). The average molecular weight is 533 g/mol. The number of benzene rings is 3. The van der Waals surface area contributed by atoms with Crippen LogP contribution in [0.5, 0.6) is 17.2 Å². The number of hydrogen-bond acceptors (Lipinski definition) is 8. The summed E-state index contributed by atoms with van der Waals surface area (Å²) >= 11 is 4.49. The van der Waals surface area contributed by atoms with Gasteiger partial charge in [0.05, 0.1) is 14.2 Å². The normalized spacial score (nSPS) is 11.5. The Morgan fingerprint density at radius 1 is 1.00 bits per heavy atom. The molecule has 1 aromatic heterocycles. The number of nitrogen functional groups attached to an aromatic ring is 1. The first-order chi connectivity index (χ1) is 18.3. The molecule has 0 aliphatic rings. The van der Waals surface area contributed by atoms with Crippen molar-refractivity contribution in [3.8, 4) is 17.2 Å². The highest BCUT2D eigenvalue weighted by atomic mass is 32.1. The predicted molar refractivity (Wildman–Crippen MR) is 149 cm³/mol. The Kier molecular flexibility index (Phi) is 8.22. The van der Waals surface area contributed by atoms with Gasteiger partial charge >= 0.3 is 0 Å². The van der Waals surface area contributed by atoms with Crippen molar-refractivity contribution in [3.05, 3.63) is 78.0 Å². The molecule has 1 unspecified atom stereocenters. The topological polar surface area (TPSA) is 125 Å². The summed E-state index contributed by atoms with van der Waals surface area (Å²) in [5.74, 6) is 1.29. The van der Waals surface area contributed by atoms with Crippen LogP contribution in [-0.2, 0) is 16.1 Å². The van der Waals surface area contributed by atoms with E-state index in [0.29, 0.717) is 39.2 Å². The molecule has 4 N–H and O–H groups in total. The number of pyridine rings is 1. The lowest BCUT2D eigenvalue weighted by Crippen LogP contribution is -2.32. The fraction of sp³-hybridized carbons (Fsp3) is 0.179. The summed E-state index contributed by atoms with van der Waals surface area (Å²) in [7, 11) is 3.06. The summed E-state index contributed by atoms with van der Waals surface area (Å²) in [5.41, 5.74) is 7.88. The molecule has 1 heterocycles. The SMILES string of the molecule is COc1ccc(C(Oc2ccc3c(N)nccc3c2)C(=O)NCc2cc(NC(C)=O)ccc2S)cc1OC. The lowest BCUT2D eigenvalue weighted by atomic mass is 10.1. The van der Waals surface area contributed by atoms with Crippen LogP contribution in [0.2, 0.25) is 0 Å². The van der Waals surface area contributed by atoms with E-state index in [1.54, 1.807) is 60.8 Å². The molecule has 0 saturated carbocycles. The third-order valence-electron chi connectivity index (χ3n) is 5.82. The Balaban J connectivity index is 1.64. The maximum Gasteiger partial charge on any atom is 0.266 e. The zero-order chi connectivity index (χ0) is 27.2. The molecular weight excluding hydrogens is 504 g/mol. The summed E-state index contributed by atoms with van der Waals surface area (Å²) < 4.78 is 17.0. The number of thiol groups is 1. The standard InChI is InChI=1S/C28H28N4O5S/c1-16(33)32-20-5-9-25(38)19(12-20)15-31-28(34)26(18-4-8-23(35-2)24(14-18)36-3)37-21-6-7-22-17(13-21)10-11-30-27(22)29/h4-14,26,38H,15H2,1-3H3,(H2,29,30)(H,31,34)(H,32,33). The summed E-state index contributed by atoms with van der Waals surface area (Å²) in [6.07, 6.45) is 0.595. The van der Waals surface area contributed by atoms with Gasteiger partial charge < -0.3 is 30.6 Å². The number of carbonyl (C=O) groups is 2.